The zero-order valence-electron chi connectivity index (χ0n) is 26.7. The number of likely N-dealkylation sites (tertiary alicyclic amines) is 1. The Balaban J connectivity index is 1.38. The second kappa shape index (κ2) is 13.2. The Morgan fingerprint density at radius 1 is 0.956 bits per heavy atom. The van der Waals surface area contributed by atoms with Crippen molar-refractivity contribution in [2.45, 2.75) is 84.7 Å². The molecule has 4 rings (SSSR count). The Bertz CT molecular complexity index is 1460. The van der Waals surface area contributed by atoms with Gasteiger partial charge in [-0.2, -0.15) is 0 Å². The summed E-state index contributed by atoms with van der Waals surface area (Å²) in [5, 5.41) is 9.85. The molecule has 1 aliphatic carbocycles. The van der Waals surface area contributed by atoms with E-state index in [1.54, 1.807) is 41.5 Å². The van der Waals surface area contributed by atoms with E-state index in [1.807, 2.05) is 30.3 Å². The quantitative estimate of drug-likeness (QED) is 0.204. The molecular formula is C33H42N4O8. The summed E-state index contributed by atoms with van der Waals surface area (Å²) >= 11 is 0. The zero-order valence-corrected chi connectivity index (χ0v) is 26.7. The molecule has 0 radical (unpaired) electrons. The van der Waals surface area contributed by atoms with Crippen LogP contribution in [0.5, 0.6) is 0 Å². The lowest BCUT2D eigenvalue weighted by atomic mass is 10.0. The lowest BCUT2D eigenvalue weighted by Gasteiger charge is -2.28. The van der Waals surface area contributed by atoms with Crippen LogP contribution in [0.1, 0.15) is 71.1 Å². The lowest BCUT2D eigenvalue weighted by molar-refractivity contribution is -0.141. The molecule has 3 amide bonds. The molecule has 12 heteroatoms. The van der Waals surface area contributed by atoms with Gasteiger partial charge in [-0.1, -0.05) is 42.5 Å². The van der Waals surface area contributed by atoms with E-state index < -0.39 is 47.5 Å². The number of guanidine groups is 1. The number of hydrogen-bond donors (Lipinski definition) is 2. The molecule has 45 heavy (non-hydrogen) atoms. The molecule has 0 bridgehead atoms. The lowest BCUT2D eigenvalue weighted by Crippen LogP contribution is -2.50. The molecule has 12 nitrogen and oxygen atoms in total. The van der Waals surface area contributed by atoms with Gasteiger partial charge in [0.1, 0.15) is 23.9 Å². The van der Waals surface area contributed by atoms with Crippen LogP contribution in [-0.2, 0) is 32.0 Å². The fraction of sp³-hybridized carbons (Fsp3) is 0.485. The first-order valence-electron chi connectivity index (χ1n) is 15.0. The normalized spacial score (nSPS) is 17.7. The predicted octanol–water partition coefficient (Wildman–Crippen LogP) is 5.55. The molecule has 2 aromatic carbocycles. The first-order valence-corrected chi connectivity index (χ1v) is 15.0. The molecule has 1 heterocycles. The molecular weight excluding hydrogens is 580 g/mol. The molecule has 1 fully saturated rings. The highest BCUT2D eigenvalue weighted by atomic mass is 16.6. The minimum Gasteiger partial charge on any atom is -0.480 e. The predicted molar refractivity (Wildman–Crippen MR) is 167 cm³/mol. The van der Waals surface area contributed by atoms with Crippen molar-refractivity contribution < 1.29 is 38.5 Å². The number of carboxylic acids is 1. The molecule has 3 N–H and O–H groups in total. The van der Waals surface area contributed by atoms with Crippen LogP contribution in [0.4, 0.5) is 14.4 Å². The maximum absolute atomic E-state index is 13.1. The molecule has 2 aliphatic rings. The van der Waals surface area contributed by atoms with E-state index >= 15 is 0 Å². The molecule has 0 aromatic heterocycles. The van der Waals surface area contributed by atoms with Crippen molar-refractivity contribution in [3.63, 3.8) is 0 Å². The second-order valence-corrected chi connectivity index (χ2v) is 13.3. The van der Waals surface area contributed by atoms with Gasteiger partial charge in [-0.25, -0.2) is 19.2 Å². The summed E-state index contributed by atoms with van der Waals surface area (Å²) in [4.78, 5) is 56.7. The standard InChI is InChI=1S/C33H42N4O8/c1-32(2,3)44-30(41)37(31(42)45-33(4,5)6)28(34)35-15-14-20-16-26(27(38)39)36(18-20)29(40)43-19-22-11-9-13-24-23-12-8-7-10-21(23)17-25(22)24/h7-13,20,26H,14-19H2,1-6H3,(H2,34,35)(H,38,39)/t20-,26-/m0/s1. The minimum absolute atomic E-state index is 0.0233. The number of benzene rings is 2. The third kappa shape index (κ3) is 8.31. The van der Waals surface area contributed by atoms with E-state index in [-0.39, 0.29) is 32.0 Å². The number of aliphatic imine (C=N–C) groups is 1. The highest BCUT2D eigenvalue weighted by Crippen LogP contribution is 2.38. The third-order valence-corrected chi connectivity index (χ3v) is 7.40. The number of rotatable bonds is 6. The summed E-state index contributed by atoms with van der Waals surface area (Å²) in [6, 6.07) is 13.0. The smallest absolute Gasteiger partial charge is 0.427 e. The monoisotopic (exact) mass is 622 g/mol. The van der Waals surface area contributed by atoms with Gasteiger partial charge in [0.05, 0.1) is 0 Å². The van der Waals surface area contributed by atoms with Crippen LogP contribution in [0.15, 0.2) is 47.5 Å². The van der Waals surface area contributed by atoms with Gasteiger partial charge in [-0.05, 0) is 94.5 Å². The Kier molecular flexibility index (Phi) is 9.74. The number of carbonyl (C=O) groups is 4. The molecule has 0 spiro atoms. The van der Waals surface area contributed by atoms with E-state index in [1.165, 1.54) is 10.5 Å². The maximum atomic E-state index is 13.1. The van der Waals surface area contributed by atoms with E-state index in [4.69, 9.17) is 19.9 Å². The summed E-state index contributed by atoms with van der Waals surface area (Å²) in [7, 11) is 0. The molecule has 0 saturated carbocycles. The summed E-state index contributed by atoms with van der Waals surface area (Å²) in [5.74, 6) is -1.78. The van der Waals surface area contributed by atoms with Gasteiger partial charge < -0.3 is 25.1 Å². The fourth-order valence-electron chi connectivity index (χ4n) is 5.46. The van der Waals surface area contributed by atoms with E-state index in [2.05, 4.69) is 17.1 Å². The van der Waals surface area contributed by atoms with Crippen molar-refractivity contribution in [2.24, 2.45) is 16.6 Å². The third-order valence-electron chi connectivity index (χ3n) is 7.40. The minimum atomic E-state index is -1.13. The van der Waals surface area contributed by atoms with Gasteiger partial charge in [0.2, 0.25) is 5.96 Å². The molecule has 1 aliphatic heterocycles. The highest BCUT2D eigenvalue weighted by molar-refractivity contribution is 6.07. The number of nitrogens with zero attached hydrogens (tertiary/aromatic N) is 3. The second-order valence-electron chi connectivity index (χ2n) is 13.3. The summed E-state index contributed by atoms with van der Waals surface area (Å²) in [6.45, 7) is 10.1. The van der Waals surface area contributed by atoms with Crippen molar-refractivity contribution in [1.82, 2.24) is 9.80 Å². The average Bonchev–Trinajstić information content (AvgIpc) is 3.52. The number of ether oxygens (including phenoxy) is 3. The van der Waals surface area contributed by atoms with E-state index in [9.17, 15) is 24.3 Å². The fourth-order valence-corrected chi connectivity index (χ4v) is 5.46. The summed E-state index contributed by atoms with van der Waals surface area (Å²) in [5.41, 5.74) is 9.70. The number of hydrogen-bond acceptors (Lipinski definition) is 8. The average molecular weight is 623 g/mol. The van der Waals surface area contributed by atoms with Crippen molar-refractivity contribution in [2.75, 3.05) is 13.1 Å². The van der Waals surface area contributed by atoms with Gasteiger partial charge in [-0.3, -0.25) is 9.89 Å². The van der Waals surface area contributed by atoms with Gasteiger partial charge in [0, 0.05) is 13.1 Å². The van der Waals surface area contributed by atoms with Gasteiger partial charge in [0.15, 0.2) is 0 Å². The van der Waals surface area contributed by atoms with Crippen molar-refractivity contribution in [1.29, 1.82) is 0 Å². The number of fused-ring (bicyclic) bond motifs is 3. The SMILES string of the molecule is CC(C)(C)OC(=O)N(C(=O)OC(C)(C)C)C(N)=NCC[C@H]1C[C@@H](C(=O)O)N(C(=O)OCc2cccc3c2Cc2ccccc2-3)C1. The molecule has 242 valence electrons. The number of nitrogens with two attached hydrogens (primary N) is 1. The van der Waals surface area contributed by atoms with Crippen LogP contribution in [0.25, 0.3) is 11.1 Å². The Morgan fingerprint density at radius 2 is 1.58 bits per heavy atom. The Labute approximate surface area is 263 Å². The first-order chi connectivity index (χ1) is 21.0. The molecule has 0 unspecified atom stereocenters. The van der Waals surface area contributed by atoms with Crippen LogP contribution in [0, 0.1) is 5.92 Å². The van der Waals surface area contributed by atoms with Gasteiger partial charge in [-0.15, -0.1) is 4.90 Å². The number of carboxylic acid groups (broad SMARTS) is 1. The van der Waals surface area contributed by atoms with Crippen LogP contribution >= 0.6 is 0 Å². The van der Waals surface area contributed by atoms with Crippen molar-refractivity contribution >= 4 is 30.2 Å². The van der Waals surface area contributed by atoms with Crippen molar-refractivity contribution in [3.8, 4) is 11.1 Å². The van der Waals surface area contributed by atoms with Gasteiger partial charge in [0.25, 0.3) is 0 Å². The number of imide groups is 1. The Hall–Kier alpha value is -4.61. The zero-order chi connectivity index (χ0) is 33.1. The van der Waals surface area contributed by atoms with E-state index in [0.717, 1.165) is 28.7 Å². The molecule has 2 atom stereocenters. The first kappa shape index (κ1) is 33.3. The highest BCUT2D eigenvalue weighted by Gasteiger charge is 2.41. The molecule has 2 aromatic rings. The van der Waals surface area contributed by atoms with E-state index in [0.29, 0.717) is 11.3 Å². The summed E-state index contributed by atoms with van der Waals surface area (Å²) < 4.78 is 16.3. The largest absolute Gasteiger partial charge is 0.480 e. The number of carbonyl (C=O) groups excluding carboxylic acids is 3. The summed E-state index contributed by atoms with van der Waals surface area (Å²) in [6.07, 6.45) is -1.50. The maximum Gasteiger partial charge on any atom is 0.427 e. The van der Waals surface area contributed by atoms with Crippen LogP contribution in [0.3, 0.4) is 0 Å². The molecule has 1 saturated heterocycles. The van der Waals surface area contributed by atoms with Gasteiger partial charge >= 0.3 is 24.2 Å². The van der Waals surface area contributed by atoms with Crippen LogP contribution in [-0.4, -0.2) is 75.4 Å². The topological polar surface area (TPSA) is 161 Å². The Morgan fingerprint density at radius 3 is 2.20 bits per heavy atom. The number of aliphatic carboxylic acids is 1. The number of amides is 3. The van der Waals surface area contributed by atoms with Crippen molar-refractivity contribution in [3.05, 3.63) is 59.2 Å². The van der Waals surface area contributed by atoms with Crippen LogP contribution in [0.2, 0.25) is 0 Å². The van der Waals surface area contributed by atoms with Crippen LogP contribution < -0.4 is 5.73 Å².